The van der Waals surface area contributed by atoms with E-state index in [4.69, 9.17) is 4.74 Å². The molecule has 1 aliphatic heterocycles. The number of carbonyl (C=O) groups is 2. The summed E-state index contributed by atoms with van der Waals surface area (Å²) in [5.41, 5.74) is 3.53. The predicted octanol–water partition coefficient (Wildman–Crippen LogP) is 3.06. The van der Waals surface area contributed by atoms with Crippen LogP contribution in [0.15, 0.2) is 42.5 Å². The van der Waals surface area contributed by atoms with Crippen LogP contribution in [0.4, 0.5) is 11.4 Å². The Kier molecular flexibility index (Phi) is 4.51. The molecule has 2 aromatic rings. The second kappa shape index (κ2) is 6.74. The number of para-hydroxylation sites is 2. The first-order valence-electron chi connectivity index (χ1n) is 7.93. The van der Waals surface area contributed by atoms with Gasteiger partial charge in [0.15, 0.2) is 0 Å². The lowest BCUT2D eigenvalue weighted by Gasteiger charge is -2.21. The topological polar surface area (TPSA) is 58.6 Å². The van der Waals surface area contributed by atoms with Gasteiger partial charge in [0, 0.05) is 5.69 Å². The smallest absolute Gasteiger partial charge is 0.244 e. The molecule has 0 saturated carbocycles. The number of amides is 2. The highest BCUT2D eigenvalue weighted by molar-refractivity contribution is 6.03. The summed E-state index contributed by atoms with van der Waals surface area (Å²) in [4.78, 5) is 26.3. The van der Waals surface area contributed by atoms with Gasteiger partial charge in [0.25, 0.3) is 0 Å². The van der Waals surface area contributed by atoms with Crippen LogP contribution in [0.3, 0.4) is 0 Å². The average molecular weight is 324 g/mol. The number of aryl methyl sites for hydroxylation is 2. The van der Waals surface area contributed by atoms with Crippen LogP contribution >= 0.6 is 0 Å². The van der Waals surface area contributed by atoms with E-state index in [0.717, 1.165) is 16.8 Å². The summed E-state index contributed by atoms with van der Waals surface area (Å²) in [5.74, 6) is 0.281. The maximum Gasteiger partial charge on any atom is 0.244 e. The van der Waals surface area contributed by atoms with Gasteiger partial charge in [-0.1, -0.05) is 18.2 Å². The maximum absolute atomic E-state index is 12.4. The molecule has 2 amide bonds. The Balaban J connectivity index is 1.79. The summed E-state index contributed by atoms with van der Waals surface area (Å²) in [7, 11) is 0. The number of nitrogens with zero attached hydrogens (tertiary/aromatic N) is 1. The molecule has 0 spiro atoms. The van der Waals surface area contributed by atoms with Crippen molar-refractivity contribution in [3.63, 3.8) is 0 Å². The molecule has 5 heteroatoms. The zero-order valence-electron chi connectivity index (χ0n) is 13.8. The van der Waals surface area contributed by atoms with Crippen LogP contribution < -0.4 is 15.0 Å². The van der Waals surface area contributed by atoms with E-state index in [-0.39, 0.29) is 24.8 Å². The summed E-state index contributed by atoms with van der Waals surface area (Å²) in [5, 5.41) is 2.87. The van der Waals surface area contributed by atoms with E-state index in [0.29, 0.717) is 18.0 Å². The van der Waals surface area contributed by atoms with Crippen LogP contribution in [-0.4, -0.2) is 25.0 Å². The van der Waals surface area contributed by atoms with Gasteiger partial charge in [-0.15, -0.1) is 0 Å². The fourth-order valence-corrected chi connectivity index (χ4v) is 2.88. The predicted molar refractivity (Wildman–Crippen MR) is 93.5 cm³/mol. The van der Waals surface area contributed by atoms with Gasteiger partial charge >= 0.3 is 0 Å². The SMILES string of the molecule is Cc1cc(C)cc(NC(=O)CN2C(=O)CCOc3ccccc32)c1. The van der Waals surface area contributed by atoms with Crippen LogP contribution in [0.25, 0.3) is 0 Å². The van der Waals surface area contributed by atoms with Crippen LogP contribution in [0.5, 0.6) is 5.75 Å². The lowest BCUT2D eigenvalue weighted by atomic mass is 10.1. The molecule has 0 fully saturated rings. The summed E-state index contributed by atoms with van der Waals surface area (Å²) >= 11 is 0. The van der Waals surface area contributed by atoms with E-state index in [1.807, 2.05) is 50.2 Å². The van der Waals surface area contributed by atoms with Gasteiger partial charge in [0.2, 0.25) is 11.8 Å². The van der Waals surface area contributed by atoms with Crippen molar-refractivity contribution in [2.24, 2.45) is 0 Å². The normalized spacial score (nSPS) is 13.8. The Labute approximate surface area is 141 Å². The highest BCUT2D eigenvalue weighted by Crippen LogP contribution is 2.30. The van der Waals surface area contributed by atoms with Crippen LogP contribution in [-0.2, 0) is 9.59 Å². The third-order valence-electron chi connectivity index (χ3n) is 3.84. The largest absolute Gasteiger partial charge is 0.491 e. The highest BCUT2D eigenvalue weighted by atomic mass is 16.5. The molecule has 0 unspecified atom stereocenters. The van der Waals surface area contributed by atoms with E-state index in [9.17, 15) is 9.59 Å². The fraction of sp³-hybridized carbons (Fsp3) is 0.263. The summed E-state index contributed by atoms with van der Waals surface area (Å²) in [6.45, 7) is 4.25. The zero-order valence-corrected chi connectivity index (χ0v) is 13.8. The average Bonchev–Trinajstić information content (AvgIpc) is 2.66. The van der Waals surface area contributed by atoms with Crippen LogP contribution in [0, 0.1) is 13.8 Å². The van der Waals surface area contributed by atoms with Crippen molar-refractivity contribution in [3.05, 3.63) is 53.6 Å². The van der Waals surface area contributed by atoms with E-state index >= 15 is 0 Å². The molecular formula is C19H20N2O3. The van der Waals surface area contributed by atoms with Crippen molar-refractivity contribution in [3.8, 4) is 5.75 Å². The molecule has 0 atom stereocenters. The molecule has 0 aromatic heterocycles. The van der Waals surface area contributed by atoms with Crippen molar-refractivity contribution in [2.45, 2.75) is 20.3 Å². The molecular weight excluding hydrogens is 304 g/mol. The van der Waals surface area contributed by atoms with E-state index < -0.39 is 0 Å². The summed E-state index contributed by atoms with van der Waals surface area (Å²) < 4.78 is 5.59. The number of hydrogen-bond donors (Lipinski definition) is 1. The van der Waals surface area contributed by atoms with Crippen LogP contribution in [0.1, 0.15) is 17.5 Å². The van der Waals surface area contributed by atoms with Gasteiger partial charge in [-0.05, 0) is 49.2 Å². The quantitative estimate of drug-likeness (QED) is 0.944. The molecule has 3 rings (SSSR count). The van der Waals surface area contributed by atoms with E-state index in [1.165, 1.54) is 4.90 Å². The van der Waals surface area contributed by atoms with Gasteiger partial charge in [-0.25, -0.2) is 0 Å². The number of hydrogen-bond acceptors (Lipinski definition) is 3. The second-order valence-electron chi connectivity index (χ2n) is 5.97. The number of fused-ring (bicyclic) bond motifs is 1. The van der Waals surface area contributed by atoms with E-state index in [1.54, 1.807) is 6.07 Å². The van der Waals surface area contributed by atoms with Crippen LogP contribution in [0.2, 0.25) is 0 Å². The molecule has 1 heterocycles. The van der Waals surface area contributed by atoms with Gasteiger partial charge in [0.1, 0.15) is 12.3 Å². The first-order valence-corrected chi connectivity index (χ1v) is 7.93. The van der Waals surface area contributed by atoms with Crippen molar-refractivity contribution >= 4 is 23.2 Å². The highest BCUT2D eigenvalue weighted by Gasteiger charge is 2.25. The summed E-state index contributed by atoms with van der Waals surface area (Å²) in [6, 6.07) is 13.1. The molecule has 0 aliphatic carbocycles. The molecule has 0 saturated heterocycles. The first kappa shape index (κ1) is 16.1. The Morgan fingerprint density at radius 3 is 2.62 bits per heavy atom. The maximum atomic E-state index is 12.4. The molecule has 0 bridgehead atoms. The van der Waals surface area contributed by atoms with Crippen molar-refractivity contribution in [1.29, 1.82) is 0 Å². The molecule has 24 heavy (non-hydrogen) atoms. The van der Waals surface area contributed by atoms with E-state index in [2.05, 4.69) is 5.32 Å². The number of rotatable bonds is 3. The minimum absolute atomic E-state index is 0.0355. The Morgan fingerprint density at radius 2 is 1.88 bits per heavy atom. The van der Waals surface area contributed by atoms with Gasteiger partial charge in [0.05, 0.1) is 18.7 Å². The monoisotopic (exact) mass is 324 g/mol. The third-order valence-corrected chi connectivity index (χ3v) is 3.84. The van der Waals surface area contributed by atoms with Crippen molar-refractivity contribution < 1.29 is 14.3 Å². The number of benzene rings is 2. The lowest BCUT2D eigenvalue weighted by molar-refractivity contribution is -0.121. The molecule has 124 valence electrons. The Bertz CT molecular complexity index is 766. The second-order valence-corrected chi connectivity index (χ2v) is 5.97. The fourth-order valence-electron chi connectivity index (χ4n) is 2.88. The molecule has 1 aliphatic rings. The minimum Gasteiger partial charge on any atom is -0.491 e. The van der Waals surface area contributed by atoms with Crippen molar-refractivity contribution in [1.82, 2.24) is 0 Å². The Hall–Kier alpha value is -2.82. The lowest BCUT2D eigenvalue weighted by Crippen LogP contribution is -2.37. The van der Waals surface area contributed by atoms with Crippen molar-refractivity contribution in [2.75, 3.05) is 23.4 Å². The molecule has 0 radical (unpaired) electrons. The molecule has 5 nitrogen and oxygen atoms in total. The number of ether oxygens (including phenoxy) is 1. The summed E-state index contributed by atoms with van der Waals surface area (Å²) in [6.07, 6.45) is 0.255. The zero-order chi connectivity index (χ0) is 17.1. The minimum atomic E-state index is -0.231. The van der Waals surface area contributed by atoms with Gasteiger partial charge in [-0.2, -0.15) is 0 Å². The first-order chi connectivity index (χ1) is 11.5. The number of anilines is 2. The van der Waals surface area contributed by atoms with Gasteiger partial charge < -0.3 is 10.1 Å². The van der Waals surface area contributed by atoms with Gasteiger partial charge in [-0.3, -0.25) is 14.5 Å². The molecule has 2 aromatic carbocycles. The third kappa shape index (κ3) is 3.56. The number of nitrogens with one attached hydrogen (secondary N) is 1. The molecule has 1 N–H and O–H groups in total. The number of carbonyl (C=O) groups excluding carboxylic acids is 2. The standard InChI is InChI=1S/C19H20N2O3/c1-13-9-14(2)11-15(10-13)20-18(22)12-21-16-5-3-4-6-17(16)24-8-7-19(21)23/h3-6,9-11H,7-8,12H2,1-2H3,(H,20,22). The Morgan fingerprint density at radius 1 is 1.17 bits per heavy atom.